The van der Waals surface area contributed by atoms with E-state index in [4.69, 9.17) is 4.74 Å². The predicted octanol–water partition coefficient (Wildman–Crippen LogP) is 3.39. The van der Waals surface area contributed by atoms with Gasteiger partial charge in [-0.05, 0) is 61.6 Å². The van der Waals surface area contributed by atoms with Crippen molar-refractivity contribution in [1.29, 1.82) is 0 Å². The van der Waals surface area contributed by atoms with Gasteiger partial charge < -0.3 is 20.3 Å². The van der Waals surface area contributed by atoms with Gasteiger partial charge in [0.25, 0.3) is 5.91 Å². The van der Waals surface area contributed by atoms with E-state index >= 15 is 0 Å². The number of ether oxygens (including phenoxy) is 1. The molecule has 2 aromatic rings. The first kappa shape index (κ1) is 21.0. The van der Waals surface area contributed by atoms with Gasteiger partial charge in [-0.15, -0.1) is 0 Å². The molecule has 31 heavy (non-hydrogen) atoms. The second-order valence-corrected chi connectivity index (χ2v) is 8.17. The minimum atomic E-state index is -0.109. The maximum Gasteiger partial charge on any atom is 0.251 e. The summed E-state index contributed by atoms with van der Waals surface area (Å²) in [6.45, 7) is 1.70. The lowest BCUT2D eigenvalue weighted by Crippen LogP contribution is -2.47. The Morgan fingerprint density at radius 3 is 2.52 bits per heavy atom. The predicted molar refractivity (Wildman–Crippen MR) is 122 cm³/mol. The Bertz CT molecular complexity index is 951. The average Bonchev–Trinajstić information content (AvgIpc) is 3.62. The summed E-state index contributed by atoms with van der Waals surface area (Å²) in [5.41, 5.74) is 2.59. The van der Waals surface area contributed by atoms with Crippen LogP contribution in [0.3, 0.4) is 0 Å². The fourth-order valence-electron chi connectivity index (χ4n) is 3.87. The molecule has 162 valence electrons. The molecule has 1 atom stereocenters. The van der Waals surface area contributed by atoms with Crippen molar-refractivity contribution in [2.45, 2.75) is 37.8 Å². The quantitative estimate of drug-likeness (QED) is 0.675. The Morgan fingerprint density at radius 1 is 1.00 bits per heavy atom. The number of hydrogen-bond acceptors (Lipinski definition) is 4. The fourth-order valence-corrected chi connectivity index (χ4v) is 3.87. The minimum Gasteiger partial charge on any atom is -0.495 e. The lowest BCUT2D eigenvalue weighted by molar-refractivity contribution is -0.117. The van der Waals surface area contributed by atoms with Crippen LogP contribution in [-0.4, -0.2) is 44.1 Å². The van der Waals surface area contributed by atoms with Gasteiger partial charge >= 0.3 is 0 Å². The van der Waals surface area contributed by atoms with E-state index in [0.717, 1.165) is 55.8 Å². The van der Waals surface area contributed by atoms with Crippen LogP contribution in [0.4, 0.5) is 5.69 Å². The average molecular weight is 420 g/mol. The number of amides is 2. The van der Waals surface area contributed by atoms with Gasteiger partial charge in [-0.25, -0.2) is 0 Å². The Morgan fingerprint density at radius 2 is 1.77 bits per heavy atom. The summed E-state index contributed by atoms with van der Waals surface area (Å²) in [7, 11) is 1.68. The van der Waals surface area contributed by atoms with Crippen LogP contribution in [0.15, 0.2) is 54.6 Å². The summed E-state index contributed by atoms with van der Waals surface area (Å²) < 4.78 is 5.48. The van der Waals surface area contributed by atoms with Gasteiger partial charge in [0.15, 0.2) is 0 Å². The van der Waals surface area contributed by atoms with Gasteiger partial charge in [-0.2, -0.15) is 0 Å². The fraction of sp³-hybridized carbons (Fsp3) is 0.360. The first-order chi connectivity index (χ1) is 15.1. The Balaban J connectivity index is 1.30. The van der Waals surface area contributed by atoms with Crippen molar-refractivity contribution in [3.8, 4) is 5.75 Å². The zero-order valence-corrected chi connectivity index (χ0v) is 17.8. The first-order valence-electron chi connectivity index (χ1n) is 10.9. The molecular weight excluding hydrogens is 390 g/mol. The van der Waals surface area contributed by atoms with E-state index in [1.54, 1.807) is 31.4 Å². The molecule has 2 amide bonds. The summed E-state index contributed by atoms with van der Waals surface area (Å²) >= 11 is 0. The molecule has 2 fully saturated rings. The molecule has 2 N–H and O–H groups in total. The van der Waals surface area contributed by atoms with Gasteiger partial charge in [-0.1, -0.05) is 24.3 Å². The monoisotopic (exact) mass is 419 g/mol. The van der Waals surface area contributed by atoms with Crippen LogP contribution in [0, 0.1) is 0 Å². The van der Waals surface area contributed by atoms with Crippen LogP contribution in [0.1, 0.15) is 41.6 Å². The van der Waals surface area contributed by atoms with Crippen LogP contribution in [0.5, 0.6) is 5.75 Å². The van der Waals surface area contributed by atoms with Crippen LogP contribution >= 0.6 is 0 Å². The normalized spacial score (nSPS) is 18.6. The molecule has 2 aromatic carbocycles. The molecule has 1 saturated heterocycles. The molecule has 1 heterocycles. The smallest absolute Gasteiger partial charge is 0.251 e. The van der Waals surface area contributed by atoms with Gasteiger partial charge in [0.2, 0.25) is 5.91 Å². The molecule has 6 heteroatoms. The summed E-state index contributed by atoms with van der Waals surface area (Å²) in [5, 5.41) is 6.09. The Hall–Kier alpha value is -3.28. The van der Waals surface area contributed by atoms with Crippen LogP contribution in [-0.2, 0) is 4.79 Å². The summed E-state index contributed by atoms with van der Waals surface area (Å²) in [6, 6.07) is 15.7. The highest BCUT2D eigenvalue weighted by Crippen LogP contribution is 2.29. The molecule has 1 aliphatic heterocycles. The highest BCUT2D eigenvalue weighted by atomic mass is 16.5. The number of piperidine rings is 1. The standard InChI is InChI=1S/C25H29N3O3/c1-31-23-7-3-2-6-22(23)28-16-4-5-21(17-28)26-24(29)15-10-18-8-11-19(12-9-18)25(30)27-20-13-14-20/h2-3,6-12,15,20-21H,4-5,13-14,16-17H2,1H3,(H,26,29)(H,27,30)/b15-10+. The molecule has 1 aliphatic carbocycles. The third-order valence-electron chi connectivity index (χ3n) is 5.71. The van der Waals surface area contributed by atoms with Crippen LogP contribution in [0.2, 0.25) is 0 Å². The zero-order valence-electron chi connectivity index (χ0n) is 17.8. The van der Waals surface area contributed by atoms with Crippen molar-refractivity contribution in [3.05, 3.63) is 65.7 Å². The summed E-state index contributed by atoms with van der Waals surface area (Å²) in [4.78, 5) is 26.8. The molecule has 0 bridgehead atoms. The second-order valence-electron chi connectivity index (χ2n) is 8.17. The Labute approximate surface area is 183 Å². The second kappa shape index (κ2) is 9.69. The van der Waals surface area contributed by atoms with Crippen molar-refractivity contribution in [2.75, 3.05) is 25.1 Å². The van der Waals surface area contributed by atoms with E-state index in [0.29, 0.717) is 11.6 Å². The van der Waals surface area contributed by atoms with Gasteiger partial charge in [-0.3, -0.25) is 9.59 Å². The SMILES string of the molecule is COc1ccccc1N1CCCC(NC(=O)/C=C/c2ccc(C(=O)NC3CC3)cc2)C1. The minimum absolute atomic E-state index is 0.0346. The lowest BCUT2D eigenvalue weighted by atomic mass is 10.0. The number of rotatable bonds is 7. The number of nitrogens with one attached hydrogen (secondary N) is 2. The first-order valence-corrected chi connectivity index (χ1v) is 10.9. The van der Waals surface area contributed by atoms with E-state index in [1.165, 1.54) is 0 Å². The highest BCUT2D eigenvalue weighted by molar-refractivity contribution is 5.95. The van der Waals surface area contributed by atoms with E-state index in [9.17, 15) is 9.59 Å². The highest BCUT2D eigenvalue weighted by Gasteiger charge is 2.24. The van der Waals surface area contributed by atoms with Crippen molar-refractivity contribution in [2.24, 2.45) is 0 Å². The number of para-hydroxylation sites is 2. The Kier molecular flexibility index (Phi) is 6.55. The number of carbonyl (C=O) groups excluding carboxylic acids is 2. The zero-order chi connectivity index (χ0) is 21.6. The van der Waals surface area contributed by atoms with E-state index in [2.05, 4.69) is 21.6 Å². The van der Waals surface area contributed by atoms with Crippen molar-refractivity contribution in [1.82, 2.24) is 10.6 Å². The molecule has 0 spiro atoms. The van der Waals surface area contributed by atoms with E-state index in [1.807, 2.05) is 30.3 Å². The molecule has 2 aliphatic rings. The lowest BCUT2D eigenvalue weighted by Gasteiger charge is -2.35. The number of carbonyl (C=O) groups is 2. The third-order valence-corrected chi connectivity index (χ3v) is 5.71. The molecule has 4 rings (SSSR count). The number of methoxy groups -OCH3 is 1. The molecule has 1 unspecified atom stereocenters. The molecule has 1 saturated carbocycles. The summed E-state index contributed by atoms with van der Waals surface area (Å²) in [6.07, 6.45) is 7.44. The molecule has 0 aromatic heterocycles. The molecular formula is C25H29N3O3. The van der Waals surface area contributed by atoms with Crippen molar-refractivity contribution < 1.29 is 14.3 Å². The van der Waals surface area contributed by atoms with Crippen LogP contribution < -0.4 is 20.3 Å². The van der Waals surface area contributed by atoms with Gasteiger partial charge in [0.1, 0.15) is 5.75 Å². The van der Waals surface area contributed by atoms with E-state index in [-0.39, 0.29) is 17.9 Å². The summed E-state index contributed by atoms with van der Waals surface area (Å²) in [5.74, 6) is 0.707. The number of benzene rings is 2. The molecule has 0 radical (unpaired) electrons. The maximum absolute atomic E-state index is 12.4. The largest absolute Gasteiger partial charge is 0.495 e. The van der Waals surface area contributed by atoms with Crippen molar-refractivity contribution in [3.63, 3.8) is 0 Å². The molecule has 6 nitrogen and oxygen atoms in total. The third kappa shape index (κ3) is 5.66. The van der Waals surface area contributed by atoms with Crippen molar-refractivity contribution >= 4 is 23.6 Å². The number of anilines is 1. The topological polar surface area (TPSA) is 70.7 Å². The maximum atomic E-state index is 12.4. The van der Waals surface area contributed by atoms with Gasteiger partial charge in [0.05, 0.1) is 12.8 Å². The van der Waals surface area contributed by atoms with E-state index < -0.39 is 0 Å². The van der Waals surface area contributed by atoms with Gasteiger partial charge in [0, 0.05) is 36.8 Å². The number of nitrogens with zero attached hydrogens (tertiary/aromatic N) is 1. The van der Waals surface area contributed by atoms with Crippen LogP contribution in [0.25, 0.3) is 6.08 Å². The number of hydrogen-bond donors (Lipinski definition) is 2.